The molecule has 1 rings (SSSR count). The maximum atomic E-state index is 12.4. The Bertz CT molecular complexity index is 381. The summed E-state index contributed by atoms with van der Waals surface area (Å²) in [5.41, 5.74) is 0. The molecular formula is C11H16ClOPS. The Morgan fingerprint density at radius 1 is 1.20 bits per heavy atom. The maximum absolute atomic E-state index is 12.4. The van der Waals surface area contributed by atoms with Gasteiger partial charge < -0.3 is 4.57 Å². The van der Waals surface area contributed by atoms with Crippen LogP contribution >= 0.6 is 29.5 Å². The number of hydrogen-bond donors (Lipinski definition) is 0. The molecule has 0 saturated carbocycles. The van der Waals surface area contributed by atoms with Crippen molar-refractivity contribution < 1.29 is 4.57 Å². The van der Waals surface area contributed by atoms with Crippen LogP contribution in [0, 0.1) is 0 Å². The second kappa shape index (κ2) is 4.53. The SMILES string of the molecule is CSc1ccc(P(=O)(Cl)C(C)(C)C)cc1. The summed E-state index contributed by atoms with van der Waals surface area (Å²) < 4.78 is 12.4. The van der Waals surface area contributed by atoms with Gasteiger partial charge in [-0.2, -0.15) is 0 Å². The normalized spacial score (nSPS) is 16.1. The predicted molar refractivity (Wildman–Crippen MR) is 71.1 cm³/mol. The van der Waals surface area contributed by atoms with Crippen LogP contribution in [0.2, 0.25) is 0 Å². The highest BCUT2D eigenvalue weighted by Crippen LogP contribution is 2.61. The lowest BCUT2D eigenvalue weighted by molar-refractivity contribution is 0.567. The third-order valence-corrected chi connectivity index (χ3v) is 7.81. The first kappa shape index (κ1) is 13.2. The quantitative estimate of drug-likeness (QED) is 0.582. The van der Waals surface area contributed by atoms with E-state index in [9.17, 15) is 4.57 Å². The summed E-state index contributed by atoms with van der Waals surface area (Å²) in [7, 11) is 0. The second-order valence-electron chi connectivity index (χ2n) is 4.40. The van der Waals surface area contributed by atoms with Gasteiger partial charge in [0.1, 0.15) is 0 Å². The van der Waals surface area contributed by atoms with Gasteiger partial charge in [-0.3, -0.25) is 0 Å². The highest BCUT2D eigenvalue weighted by Gasteiger charge is 2.35. The minimum absolute atomic E-state index is 0.393. The van der Waals surface area contributed by atoms with Gasteiger partial charge >= 0.3 is 0 Å². The molecule has 0 heterocycles. The van der Waals surface area contributed by atoms with E-state index >= 15 is 0 Å². The standard InChI is InChI=1S/C11H16ClOPS/c1-11(2,3)14(12,13)9-5-7-10(15-4)8-6-9/h5-8H,1-4H3. The molecule has 0 N–H and O–H groups in total. The van der Waals surface area contributed by atoms with Crippen molar-refractivity contribution in [3.63, 3.8) is 0 Å². The van der Waals surface area contributed by atoms with Crippen molar-refractivity contribution in [1.29, 1.82) is 0 Å². The number of halogens is 1. The van der Waals surface area contributed by atoms with Crippen LogP contribution in [0.4, 0.5) is 0 Å². The lowest BCUT2D eigenvalue weighted by atomic mass is 10.3. The van der Waals surface area contributed by atoms with E-state index in [2.05, 4.69) is 0 Å². The van der Waals surface area contributed by atoms with Crippen LogP contribution in [-0.2, 0) is 4.57 Å². The third-order valence-electron chi connectivity index (χ3n) is 2.27. The van der Waals surface area contributed by atoms with Gasteiger partial charge in [0.15, 0.2) is 0 Å². The molecular weight excluding hydrogens is 247 g/mol. The molecule has 1 aromatic rings. The fourth-order valence-electron chi connectivity index (χ4n) is 1.16. The van der Waals surface area contributed by atoms with Crippen molar-refractivity contribution in [2.24, 2.45) is 0 Å². The monoisotopic (exact) mass is 262 g/mol. The summed E-state index contributed by atoms with van der Waals surface area (Å²) in [5, 5.41) is 0.351. The molecule has 0 aliphatic carbocycles. The largest absolute Gasteiger partial charge is 0.301 e. The number of rotatable bonds is 2. The van der Waals surface area contributed by atoms with Crippen LogP contribution < -0.4 is 5.30 Å². The molecule has 0 spiro atoms. The summed E-state index contributed by atoms with van der Waals surface area (Å²) in [6, 6.07) is 7.65. The van der Waals surface area contributed by atoms with Crippen molar-refractivity contribution >= 4 is 34.8 Å². The number of benzene rings is 1. The zero-order valence-electron chi connectivity index (χ0n) is 9.45. The topological polar surface area (TPSA) is 17.1 Å². The van der Waals surface area contributed by atoms with Crippen LogP contribution in [-0.4, -0.2) is 11.4 Å². The summed E-state index contributed by atoms with van der Waals surface area (Å²) in [4.78, 5) is 1.16. The van der Waals surface area contributed by atoms with Crippen molar-refractivity contribution in [3.05, 3.63) is 24.3 Å². The number of thioether (sulfide) groups is 1. The van der Waals surface area contributed by atoms with E-state index in [1.54, 1.807) is 11.8 Å². The molecule has 0 amide bonds. The molecule has 0 radical (unpaired) electrons. The Kier molecular flexibility index (Phi) is 3.97. The molecule has 4 heteroatoms. The van der Waals surface area contributed by atoms with Crippen LogP contribution in [0.5, 0.6) is 0 Å². The molecule has 0 fully saturated rings. The molecule has 0 bridgehead atoms. The Morgan fingerprint density at radius 2 is 1.67 bits per heavy atom. The van der Waals surface area contributed by atoms with Gasteiger partial charge in [0.25, 0.3) is 0 Å². The number of hydrogen-bond acceptors (Lipinski definition) is 2. The molecule has 1 atom stereocenters. The van der Waals surface area contributed by atoms with Gasteiger partial charge in [0.2, 0.25) is 6.49 Å². The molecule has 0 aromatic heterocycles. The highest BCUT2D eigenvalue weighted by atomic mass is 35.7. The van der Waals surface area contributed by atoms with Crippen LogP contribution in [0.3, 0.4) is 0 Å². The van der Waals surface area contributed by atoms with E-state index in [0.29, 0.717) is 0 Å². The highest BCUT2D eigenvalue weighted by molar-refractivity contribution is 7.98. The van der Waals surface area contributed by atoms with E-state index in [1.165, 1.54) is 0 Å². The van der Waals surface area contributed by atoms with E-state index in [1.807, 2.05) is 51.3 Å². The first-order valence-electron chi connectivity index (χ1n) is 4.73. The summed E-state index contributed by atoms with van der Waals surface area (Å²) in [5.74, 6) is 0. The molecule has 0 aliphatic heterocycles. The fourth-order valence-corrected chi connectivity index (χ4v) is 3.21. The van der Waals surface area contributed by atoms with E-state index in [-0.39, 0.29) is 0 Å². The maximum Gasteiger partial charge on any atom is 0.202 e. The smallest absolute Gasteiger partial charge is 0.202 e. The van der Waals surface area contributed by atoms with Crippen LogP contribution in [0.15, 0.2) is 29.2 Å². The van der Waals surface area contributed by atoms with Gasteiger partial charge in [-0.25, -0.2) is 0 Å². The van der Waals surface area contributed by atoms with Gasteiger partial charge in [-0.05, 0) is 41.8 Å². The van der Waals surface area contributed by atoms with E-state index in [0.717, 1.165) is 10.2 Å². The van der Waals surface area contributed by atoms with Crippen molar-refractivity contribution in [3.8, 4) is 0 Å². The average molecular weight is 263 g/mol. The Morgan fingerprint density at radius 3 is 2.00 bits per heavy atom. The molecule has 84 valence electrons. The minimum atomic E-state index is -2.80. The molecule has 1 aromatic carbocycles. The fraction of sp³-hybridized carbons (Fsp3) is 0.455. The van der Waals surface area contributed by atoms with E-state index < -0.39 is 11.7 Å². The molecule has 0 aliphatic rings. The van der Waals surface area contributed by atoms with Crippen molar-refractivity contribution in [2.75, 3.05) is 6.26 Å². The predicted octanol–water partition coefficient (Wildman–Crippen LogP) is 4.35. The zero-order chi connectivity index (χ0) is 11.7. The van der Waals surface area contributed by atoms with Gasteiger partial charge in [0.05, 0.1) is 0 Å². The molecule has 15 heavy (non-hydrogen) atoms. The van der Waals surface area contributed by atoms with Crippen LogP contribution in [0.25, 0.3) is 0 Å². The average Bonchev–Trinajstić information content (AvgIpc) is 2.16. The second-order valence-corrected chi connectivity index (χ2v) is 9.63. The van der Waals surface area contributed by atoms with Crippen LogP contribution in [0.1, 0.15) is 20.8 Å². The molecule has 1 nitrogen and oxygen atoms in total. The van der Waals surface area contributed by atoms with Gasteiger partial charge in [-0.15, -0.1) is 11.8 Å². The first-order valence-corrected chi connectivity index (χ1v) is 8.57. The Labute approximate surface area is 101 Å². The minimum Gasteiger partial charge on any atom is -0.301 e. The summed E-state index contributed by atoms with van der Waals surface area (Å²) in [6.45, 7) is 2.92. The first-order chi connectivity index (χ1) is 6.79. The zero-order valence-corrected chi connectivity index (χ0v) is 11.9. The van der Waals surface area contributed by atoms with E-state index in [4.69, 9.17) is 11.2 Å². The third kappa shape index (κ3) is 2.81. The van der Waals surface area contributed by atoms with Gasteiger partial charge in [-0.1, -0.05) is 20.8 Å². The Balaban J connectivity index is 3.12. The summed E-state index contributed by atoms with van der Waals surface area (Å²) >= 11 is 7.84. The molecule has 1 unspecified atom stereocenters. The summed E-state index contributed by atoms with van der Waals surface area (Å²) in [6.07, 6.45) is 2.01. The van der Waals surface area contributed by atoms with Crippen molar-refractivity contribution in [2.45, 2.75) is 30.8 Å². The lowest BCUT2D eigenvalue weighted by Crippen LogP contribution is -2.19. The Hall–Kier alpha value is 0.0900. The van der Waals surface area contributed by atoms with Gasteiger partial charge in [0, 0.05) is 15.4 Å². The molecule has 0 saturated heterocycles. The van der Waals surface area contributed by atoms with Crippen molar-refractivity contribution in [1.82, 2.24) is 0 Å². The lowest BCUT2D eigenvalue weighted by Gasteiger charge is -2.25.